The molecule has 2 rings (SSSR count). The Balaban J connectivity index is 0.00000144. The molecule has 3 nitrogen and oxygen atoms in total. The molecule has 0 radical (unpaired) electrons. The van der Waals surface area contributed by atoms with E-state index in [9.17, 15) is 0 Å². The van der Waals surface area contributed by atoms with Crippen molar-refractivity contribution < 1.29 is 0 Å². The predicted molar refractivity (Wildman–Crippen MR) is 77.4 cm³/mol. The standard InChI is InChI=1S/C12H21N3S.ClH/c1-12(6-4-5-7-12)14-9-10-8-13-11(16-10)15(2)3;/h8,14H,4-7,9H2,1-3H3;1H. The van der Waals surface area contributed by atoms with Gasteiger partial charge in [0, 0.05) is 37.3 Å². The van der Waals surface area contributed by atoms with Crippen LogP contribution >= 0.6 is 23.7 Å². The summed E-state index contributed by atoms with van der Waals surface area (Å²) in [5.74, 6) is 0. The van der Waals surface area contributed by atoms with E-state index in [0.717, 1.165) is 11.7 Å². The van der Waals surface area contributed by atoms with E-state index in [4.69, 9.17) is 0 Å². The van der Waals surface area contributed by atoms with Crippen molar-refractivity contribution >= 4 is 28.9 Å². The van der Waals surface area contributed by atoms with Crippen molar-refractivity contribution in [2.45, 2.75) is 44.7 Å². The number of thiazole rings is 1. The first-order valence-electron chi connectivity index (χ1n) is 5.96. The number of rotatable bonds is 4. The van der Waals surface area contributed by atoms with Crippen molar-refractivity contribution in [2.75, 3.05) is 19.0 Å². The molecule has 0 atom stereocenters. The largest absolute Gasteiger partial charge is 0.354 e. The summed E-state index contributed by atoms with van der Waals surface area (Å²) in [6, 6.07) is 0. The van der Waals surface area contributed by atoms with E-state index >= 15 is 0 Å². The highest BCUT2D eigenvalue weighted by molar-refractivity contribution is 7.15. The van der Waals surface area contributed by atoms with Crippen molar-refractivity contribution in [1.29, 1.82) is 0 Å². The van der Waals surface area contributed by atoms with E-state index in [1.807, 2.05) is 20.3 Å². The Labute approximate surface area is 114 Å². The summed E-state index contributed by atoms with van der Waals surface area (Å²) < 4.78 is 0. The third kappa shape index (κ3) is 3.83. The molecule has 0 saturated heterocycles. The van der Waals surface area contributed by atoms with E-state index in [0.29, 0.717) is 5.54 Å². The quantitative estimate of drug-likeness (QED) is 0.915. The lowest BCUT2D eigenvalue weighted by molar-refractivity contribution is 0.364. The molecule has 0 spiro atoms. The van der Waals surface area contributed by atoms with Crippen LogP contribution in [0.3, 0.4) is 0 Å². The monoisotopic (exact) mass is 275 g/mol. The summed E-state index contributed by atoms with van der Waals surface area (Å²) in [6.07, 6.45) is 7.36. The lowest BCUT2D eigenvalue weighted by Crippen LogP contribution is -2.38. The Morgan fingerprint density at radius 3 is 2.59 bits per heavy atom. The molecule has 0 aliphatic heterocycles. The van der Waals surface area contributed by atoms with Crippen molar-refractivity contribution in [3.63, 3.8) is 0 Å². The Morgan fingerprint density at radius 1 is 1.41 bits per heavy atom. The first-order chi connectivity index (χ1) is 7.59. The minimum absolute atomic E-state index is 0. The maximum atomic E-state index is 4.39. The van der Waals surface area contributed by atoms with Crippen LogP contribution < -0.4 is 10.2 Å². The van der Waals surface area contributed by atoms with Gasteiger partial charge in [0.15, 0.2) is 5.13 Å². The molecule has 1 fully saturated rings. The smallest absolute Gasteiger partial charge is 0.185 e. The van der Waals surface area contributed by atoms with Gasteiger partial charge in [-0.1, -0.05) is 12.8 Å². The van der Waals surface area contributed by atoms with Gasteiger partial charge in [-0.3, -0.25) is 0 Å². The molecule has 0 bridgehead atoms. The first kappa shape index (κ1) is 14.7. The molecule has 98 valence electrons. The van der Waals surface area contributed by atoms with Crippen LogP contribution in [0.4, 0.5) is 5.13 Å². The fourth-order valence-electron chi connectivity index (χ4n) is 2.22. The van der Waals surface area contributed by atoms with Crippen LogP contribution in [0.1, 0.15) is 37.5 Å². The molecule has 1 aliphatic rings. The molecule has 0 unspecified atom stereocenters. The van der Waals surface area contributed by atoms with Gasteiger partial charge in [0.1, 0.15) is 0 Å². The SMILES string of the molecule is CN(C)c1ncc(CNC2(C)CCCC2)s1.Cl. The molecule has 1 heterocycles. The summed E-state index contributed by atoms with van der Waals surface area (Å²) >= 11 is 1.78. The van der Waals surface area contributed by atoms with E-state index in [2.05, 4.69) is 22.1 Å². The van der Waals surface area contributed by atoms with E-state index in [1.165, 1.54) is 30.6 Å². The van der Waals surface area contributed by atoms with Crippen LogP contribution in [0.25, 0.3) is 0 Å². The number of halogens is 1. The van der Waals surface area contributed by atoms with Gasteiger partial charge in [-0.25, -0.2) is 4.98 Å². The normalized spacial score (nSPS) is 17.8. The van der Waals surface area contributed by atoms with Gasteiger partial charge < -0.3 is 10.2 Å². The Morgan fingerprint density at radius 2 is 2.06 bits per heavy atom. The van der Waals surface area contributed by atoms with Crippen molar-refractivity contribution in [2.24, 2.45) is 0 Å². The van der Waals surface area contributed by atoms with Gasteiger partial charge in [0.2, 0.25) is 0 Å². The molecule has 1 aromatic heterocycles. The Kier molecular flexibility index (Phi) is 5.22. The van der Waals surface area contributed by atoms with Crippen LogP contribution in [0.15, 0.2) is 6.20 Å². The maximum absolute atomic E-state index is 4.39. The molecule has 0 aromatic carbocycles. The molecule has 5 heteroatoms. The average molecular weight is 276 g/mol. The molecule has 1 aliphatic carbocycles. The summed E-state index contributed by atoms with van der Waals surface area (Å²) in [7, 11) is 4.07. The van der Waals surface area contributed by atoms with Gasteiger partial charge in [-0.15, -0.1) is 23.7 Å². The van der Waals surface area contributed by atoms with Crippen molar-refractivity contribution in [3.05, 3.63) is 11.1 Å². The fraction of sp³-hybridized carbons (Fsp3) is 0.750. The van der Waals surface area contributed by atoms with Gasteiger partial charge in [0.05, 0.1) is 0 Å². The highest BCUT2D eigenvalue weighted by Gasteiger charge is 2.27. The first-order valence-corrected chi connectivity index (χ1v) is 6.78. The van der Waals surface area contributed by atoms with Gasteiger partial charge >= 0.3 is 0 Å². The third-order valence-corrected chi connectivity index (χ3v) is 4.49. The Bertz CT molecular complexity index is 345. The molecular weight excluding hydrogens is 254 g/mol. The average Bonchev–Trinajstić information content (AvgIpc) is 2.84. The minimum Gasteiger partial charge on any atom is -0.354 e. The summed E-state index contributed by atoms with van der Waals surface area (Å²) in [5.41, 5.74) is 0.363. The van der Waals surface area contributed by atoms with E-state index < -0.39 is 0 Å². The molecule has 1 N–H and O–H groups in total. The van der Waals surface area contributed by atoms with Crippen LogP contribution in [0, 0.1) is 0 Å². The highest BCUT2D eigenvalue weighted by Crippen LogP contribution is 2.30. The van der Waals surface area contributed by atoms with Crippen molar-refractivity contribution in [1.82, 2.24) is 10.3 Å². The summed E-state index contributed by atoms with van der Waals surface area (Å²) in [4.78, 5) is 7.78. The number of nitrogens with one attached hydrogen (secondary N) is 1. The zero-order chi connectivity index (χ0) is 11.6. The third-order valence-electron chi connectivity index (χ3n) is 3.32. The number of nitrogens with zero attached hydrogens (tertiary/aromatic N) is 2. The Hall–Kier alpha value is -0.320. The lowest BCUT2D eigenvalue weighted by atomic mass is 10.0. The van der Waals surface area contributed by atoms with Crippen LogP contribution in [-0.2, 0) is 6.54 Å². The van der Waals surface area contributed by atoms with Gasteiger partial charge in [-0.05, 0) is 19.8 Å². The van der Waals surface area contributed by atoms with Crippen molar-refractivity contribution in [3.8, 4) is 0 Å². The van der Waals surface area contributed by atoms with Crippen LogP contribution in [0.2, 0.25) is 0 Å². The van der Waals surface area contributed by atoms with Gasteiger partial charge in [0.25, 0.3) is 0 Å². The number of hydrogen-bond acceptors (Lipinski definition) is 4. The number of anilines is 1. The van der Waals surface area contributed by atoms with Crippen LogP contribution in [-0.4, -0.2) is 24.6 Å². The number of aromatic nitrogens is 1. The van der Waals surface area contributed by atoms with Crippen LogP contribution in [0.5, 0.6) is 0 Å². The topological polar surface area (TPSA) is 28.2 Å². The summed E-state index contributed by atoms with van der Waals surface area (Å²) in [5, 5.41) is 4.77. The molecule has 1 aromatic rings. The maximum Gasteiger partial charge on any atom is 0.185 e. The highest BCUT2D eigenvalue weighted by atomic mass is 35.5. The summed E-state index contributed by atoms with van der Waals surface area (Å²) in [6.45, 7) is 3.30. The second kappa shape index (κ2) is 6.03. The minimum atomic E-state index is 0. The zero-order valence-electron chi connectivity index (χ0n) is 10.8. The molecule has 1 saturated carbocycles. The van der Waals surface area contributed by atoms with E-state index in [1.54, 1.807) is 11.3 Å². The predicted octanol–water partition coefficient (Wildman–Crippen LogP) is 3.05. The zero-order valence-corrected chi connectivity index (χ0v) is 12.5. The lowest BCUT2D eigenvalue weighted by Gasteiger charge is -2.24. The fourth-order valence-corrected chi connectivity index (χ4v) is 2.99. The number of hydrogen-bond donors (Lipinski definition) is 1. The van der Waals surface area contributed by atoms with Gasteiger partial charge in [-0.2, -0.15) is 0 Å². The molecular formula is C12H22ClN3S. The molecule has 0 amide bonds. The van der Waals surface area contributed by atoms with E-state index in [-0.39, 0.29) is 12.4 Å². The molecule has 17 heavy (non-hydrogen) atoms. The second-order valence-electron chi connectivity index (χ2n) is 5.12. The second-order valence-corrected chi connectivity index (χ2v) is 6.22.